The third-order valence-corrected chi connectivity index (χ3v) is 3.61. The molecule has 0 fully saturated rings. The fourth-order valence-corrected chi connectivity index (χ4v) is 2.21. The van der Waals surface area contributed by atoms with Crippen LogP contribution < -0.4 is 15.4 Å². The standard InChI is InChI=1S/C18H22N2O3S/c1-2-3-4-11-22-15-9-7-14(8-10-15)17(21)20-18(24)19-13-16-6-5-12-23-16/h5-10,12H,2-4,11,13H2,1H3,(H2,19,20,21,24). The molecule has 24 heavy (non-hydrogen) atoms. The number of benzene rings is 1. The minimum absolute atomic E-state index is 0.260. The number of ether oxygens (including phenoxy) is 1. The van der Waals surface area contributed by atoms with Crippen LogP contribution in [0.1, 0.15) is 42.3 Å². The Morgan fingerprint density at radius 1 is 1.21 bits per heavy atom. The van der Waals surface area contributed by atoms with Gasteiger partial charge in [-0.15, -0.1) is 0 Å². The third kappa shape index (κ3) is 6.04. The number of nitrogens with one attached hydrogen (secondary N) is 2. The van der Waals surface area contributed by atoms with Crippen molar-refractivity contribution < 1.29 is 13.9 Å². The number of hydrogen-bond donors (Lipinski definition) is 2. The van der Waals surface area contributed by atoms with Crippen molar-refractivity contribution in [2.24, 2.45) is 0 Å². The molecule has 0 saturated heterocycles. The highest BCUT2D eigenvalue weighted by Crippen LogP contribution is 2.13. The molecular weight excluding hydrogens is 324 g/mol. The smallest absolute Gasteiger partial charge is 0.257 e. The van der Waals surface area contributed by atoms with Gasteiger partial charge in [-0.3, -0.25) is 10.1 Å². The van der Waals surface area contributed by atoms with Crippen LogP contribution >= 0.6 is 12.2 Å². The molecule has 6 heteroatoms. The summed E-state index contributed by atoms with van der Waals surface area (Å²) in [7, 11) is 0. The van der Waals surface area contributed by atoms with Crippen LogP contribution in [0.25, 0.3) is 0 Å². The van der Waals surface area contributed by atoms with Crippen molar-refractivity contribution in [3.63, 3.8) is 0 Å². The molecule has 1 aromatic heterocycles. The van der Waals surface area contributed by atoms with Gasteiger partial charge in [0.1, 0.15) is 11.5 Å². The highest BCUT2D eigenvalue weighted by atomic mass is 32.1. The van der Waals surface area contributed by atoms with Crippen LogP contribution in [0, 0.1) is 0 Å². The van der Waals surface area contributed by atoms with E-state index < -0.39 is 0 Å². The zero-order valence-corrected chi connectivity index (χ0v) is 14.5. The lowest BCUT2D eigenvalue weighted by atomic mass is 10.2. The van der Waals surface area contributed by atoms with Gasteiger partial charge >= 0.3 is 0 Å². The van der Waals surface area contributed by atoms with E-state index in [0.717, 1.165) is 30.8 Å². The Balaban J connectivity index is 1.76. The molecular formula is C18H22N2O3S. The normalized spacial score (nSPS) is 10.2. The number of hydrogen-bond acceptors (Lipinski definition) is 4. The quantitative estimate of drug-likeness (QED) is 0.564. The fraction of sp³-hybridized carbons (Fsp3) is 0.333. The van der Waals surface area contributed by atoms with Crippen molar-refractivity contribution in [3.05, 3.63) is 54.0 Å². The average molecular weight is 346 g/mol. The summed E-state index contributed by atoms with van der Waals surface area (Å²) in [6, 6.07) is 10.7. The minimum Gasteiger partial charge on any atom is -0.494 e. The predicted molar refractivity (Wildman–Crippen MR) is 97.1 cm³/mol. The first-order chi connectivity index (χ1) is 11.7. The van der Waals surface area contributed by atoms with Gasteiger partial charge in [-0.1, -0.05) is 19.8 Å². The van der Waals surface area contributed by atoms with Gasteiger partial charge < -0.3 is 14.5 Å². The maximum Gasteiger partial charge on any atom is 0.257 e. The molecule has 0 atom stereocenters. The third-order valence-electron chi connectivity index (χ3n) is 3.36. The molecule has 0 spiro atoms. The van der Waals surface area contributed by atoms with Crippen molar-refractivity contribution in [1.82, 2.24) is 10.6 Å². The van der Waals surface area contributed by atoms with Crippen molar-refractivity contribution in [2.75, 3.05) is 6.61 Å². The summed E-state index contributed by atoms with van der Waals surface area (Å²) in [5.74, 6) is 1.25. The van der Waals surface area contributed by atoms with Crippen LogP contribution in [0.2, 0.25) is 0 Å². The van der Waals surface area contributed by atoms with E-state index in [-0.39, 0.29) is 11.0 Å². The van der Waals surface area contributed by atoms with Gasteiger partial charge in [0.2, 0.25) is 0 Å². The zero-order valence-electron chi connectivity index (χ0n) is 13.7. The Hall–Kier alpha value is -2.34. The number of amides is 1. The molecule has 0 saturated carbocycles. The molecule has 2 N–H and O–H groups in total. The first-order valence-corrected chi connectivity index (χ1v) is 8.44. The van der Waals surface area contributed by atoms with Crippen LogP contribution in [0.3, 0.4) is 0 Å². The fourth-order valence-electron chi connectivity index (χ4n) is 2.04. The minimum atomic E-state index is -0.260. The number of carbonyl (C=O) groups is 1. The molecule has 0 bridgehead atoms. The zero-order chi connectivity index (χ0) is 17.2. The SMILES string of the molecule is CCCCCOc1ccc(C(=O)NC(=S)NCc2ccco2)cc1. The van der Waals surface area contributed by atoms with Gasteiger partial charge in [0.25, 0.3) is 5.91 Å². The van der Waals surface area contributed by atoms with E-state index >= 15 is 0 Å². The van der Waals surface area contributed by atoms with Gasteiger partial charge in [-0.25, -0.2) is 0 Å². The van der Waals surface area contributed by atoms with E-state index in [2.05, 4.69) is 17.6 Å². The molecule has 0 aliphatic heterocycles. The van der Waals surface area contributed by atoms with E-state index in [1.165, 1.54) is 0 Å². The molecule has 0 aliphatic carbocycles. The summed E-state index contributed by atoms with van der Waals surface area (Å²) >= 11 is 5.10. The highest BCUT2D eigenvalue weighted by molar-refractivity contribution is 7.80. The van der Waals surface area contributed by atoms with E-state index in [1.54, 1.807) is 36.6 Å². The average Bonchev–Trinajstić information content (AvgIpc) is 3.11. The maximum atomic E-state index is 12.1. The number of thiocarbonyl (C=S) groups is 1. The summed E-state index contributed by atoms with van der Waals surface area (Å²) < 4.78 is 10.8. The largest absolute Gasteiger partial charge is 0.494 e. The Bertz CT molecular complexity index is 639. The summed E-state index contributed by atoms with van der Waals surface area (Å²) in [5, 5.41) is 5.82. The number of rotatable bonds is 8. The van der Waals surface area contributed by atoms with Crippen molar-refractivity contribution in [1.29, 1.82) is 0 Å². The summed E-state index contributed by atoms with van der Waals surface area (Å²) in [6.07, 6.45) is 4.94. The first kappa shape index (κ1) is 18.0. The van der Waals surface area contributed by atoms with Crippen LogP contribution in [-0.2, 0) is 6.54 Å². The van der Waals surface area contributed by atoms with E-state index in [0.29, 0.717) is 18.7 Å². The van der Waals surface area contributed by atoms with Gasteiger partial charge in [-0.2, -0.15) is 0 Å². The lowest BCUT2D eigenvalue weighted by Crippen LogP contribution is -2.38. The molecule has 0 unspecified atom stereocenters. The lowest BCUT2D eigenvalue weighted by molar-refractivity contribution is 0.0976. The Morgan fingerprint density at radius 3 is 2.67 bits per heavy atom. The van der Waals surface area contributed by atoms with Crippen molar-refractivity contribution in [2.45, 2.75) is 32.7 Å². The summed E-state index contributed by atoms with van der Waals surface area (Å²) in [5.41, 5.74) is 0.526. The Labute approximate surface area is 147 Å². The molecule has 2 rings (SSSR count). The van der Waals surface area contributed by atoms with Crippen molar-refractivity contribution >= 4 is 23.2 Å². The monoisotopic (exact) mass is 346 g/mol. The second-order valence-electron chi connectivity index (χ2n) is 5.30. The topological polar surface area (TPSA) is 63.5 Å². The molecule has 2 aromatic rings. The molecule has 0 aliphatic rings. The highest BCUT2D eigenvalue weighted by Gasteiger charge is 2.08. The van der Waals surface area contributed by atoms with Crippen LogP contribution in [0.15, 0.2) is 47.1 Å². The van der Waals surface area contributed by atoms with Gasteiger partial charge in [0.15, 0.2) is 5.11 Å². The Morgan fingerprint density at radius 2 is 2.00 bits per heavy atom. The van der Waals surface area contributed by atoms with Crippen LogP contribution in [0.5, 0.6) is 5.75 Å². The molecule has 0 radical (unpaired) electrons. The molecule has 1 amide bonds. The number of carbonyl (C=O) groups excluding carboxylic acids is 1. The molecule has 128 valence electrons. The van der Waals surface area contributed by atoms with Gasteiger partial charge in [-0.05, 0) is 55.0 Å². The van der Waals surface area contributed by atoms with Crippen molar-refractivity contribution in [3.8, 4) is 5.75 Å². The molecule has 1 aromatic carbocycles. The van der Waals surface area contributed by atoms with Crippen LogP contribution in [0.4, 0.5) is 0 Å². The van der Waals surface area contributed by atoms with Gasteiger partial charge in [0.05, 0.1) is 19.4 Å². The number of unbranched alkanes of at least 4 members (excludes halogenated alkanes) is 2. The van der Waals surface area contributed by atoms with Crippen LogP contribution in [-0.4, -0.2) is 17.6 Å². The van der Waals surface area contributed by atoms with E-state index in [4.69, 9.17) is 21.4 Å². The molecule has 5 nitrogen and oxygen atoms in total. The first-order valence-electron chi connectivity index (χ1n) is 8.03. The Kier molecular flexibility index (Phi) is 7.29. The number of furan rings is 1. The molecule has 1 heterocycles. The second-order valence-corrected chi connectivity index (χ2v) is 5.70. The lowest BCUT2D eigenvalue weighted by Gasteiger charge is -2.09. The van der Waals surface area contributed by atoms with Gasteiger partial charge in [0, 0.05) is 5.56 Å². The van der Waals surface area contributed by atoms with E-state index in [1.807, 2.05) is 6.07 Å². The van der Waals surface area contributed by atoms with E-state index in [9.17, 15) is 4.79 Å². The summed E-state index contributed by atoms with van der Waals surface area (Å²) in [6.45, 7) is 3.28. The maximum absolute atomic E-state index is 12.1. The predicted octanol–water partition coefficient (Wildman–Crippen LogP) is 3.65. The summed E-state index contributed by atoms with van der Waals surface area (Å²) in [4.78, 5) is 12.1. The second kappa shape index (κ2) is 9.72.